The van der Waals surface area contributed by atoms with Crippen LogP contribution in [0.15, 0.2) is 26.8 Å². The number of furan rings is 1. The number of fused-ring (bicyclic) bond motifs is 3. The number of hydrogen-bond donors (Lipinski definition) is 3. The van der Waals surface area contributed by atoms with Crippen LogP contribution in [0.4, 0.5) is 10.5 Å². The summed E-state index contributed by atoms with van der Waals surface area (Å²) < 4.78 is 33.0. The first-order chi connectivity index (χ1) is 14.5. The second-order valence-corrected chi connectivity index (χ2v) is 9.71. The van der Waals surface area contributed by atoms with Gasteiger partial charge in [0.15, 0.2) is 0 Å². The van der Waals surface area contributed by atoms with E-state index in [2.05, 4.69) is 21.3 Å². The maximum absolute atomic E-state index is 12.7. The van der Waals surface area contributed by atoms with Crippen LogP contribution in [-0.4, -0.2) is 25.4 Å². The highest BCUT2D eigenvalue weighted by Gasteiger charge is 2.30. The molecule has 8 nitrogen and oxygen atoms in total. The predicted octanol–water partition coefficient (Wildman–Crippen LogP) is 3.28. The predicted molar refractivity (Wildman–Crippen MR) is 110 cm³/mol. The smallest absolute Gasteiger partial charge is 0.333 e. The van der Waals surface area contributed by atoms with Gasteiger partial charge < -0.3 is 14.9 Å². The third-order valence-corrected chi connectivity index (χ3v) is 7.42. The summed E-state index contributed by atoms with van der Waals surface area (Å²) in [5.41, 5.74) is 6.40. The number of nitrogens with one attached hydrogen (secondary N) is 2. The van der Waals surface area contributed by atoms with Gasteiger partial charge in [0.25, 0.3) is 10.0 Å². The highest BCUT2D eigenvalue weighted by atomic mass is 32.2. The van der Waals surface area contributed by atoms with Gasteiger partial charge in [-0.25, -0.2) is 9.52 Å². The third kappa shape index (κ3) is 3.17. The topological polar surface area (TPSA) is 121 Å². The monoisotopic (exact) mass is 429 g/mol. The fourth-order valence-electron chi connectivity index (χ4n) is 4.90. The van der Waals surface area contributed by atoms with Gasteiger partial charge in [-0.1, -0.05) is 11.2 Å². The zero-order chi connectivity index (χ0) is 20.9. The number of nitrogens with zero attached hydrogens (tertiary/aromatic N) is 1. The molecule has 0 radical (unpaired) electrons. The van der Waals surface area contributed by atoms with E-state index in [4.69, 9.17) is 9.62 Å². The van der Waals surface area contributed by atoms with Gasteiger partial charge in [-0.15, -0.1) is 0 Å². The fraction of sp³-hybridized carbons (Fsp3) is 0.429. The van der Waals surface area contributed by atoms with Gasteiger partial charge in [-0.05, 0) is 73.6 Å². The second-order valence-electron chi connectivity index (χ2n) is 8.10. The van der Waals surface area contributed by atoms with Gasteiger partial charge in [0.2, 0.25) is 5.09 Å². The Morgan fingerprint density at radius 3 is 2.30 bits per heavy atom. The molecule has 3 aliphatic rings. The van der Waals surface area contributed by atoms with Crippen LogP contribution in [0.3, 0.4) is 0 Å². The molecule has 0 atom stereocenters. The van der Waals surface area contributed by atoms with Crippen LogP contribution in [0.2, 0.25) is 0 Å². The molecule has 0 saturated heterocycles. The first-order valence-electron chi connectivity index (χ1n) is 10.3. The van der Waals surface area contributed by atoms with Crippen LogP contribution in [0, 0.1) is 0 Å². The van der Waals surface area contributed by atoms with Gasteiger partial charge in [-0.2, -0.15) is 8.42 Å². The summed E-state index contributed by atoms with van der Waals surface area (Å²) in [6, 6.07) is 2.77. The van der Waals surface area contributed by atoms with Crippen LogP contribution in [0.5, 0.6) is 0 Å². The number of rotatable bonds is 3. The van der Waals surface area contributed by atoms with E-state index in [1.807, 2.05) is 0 Å². The SMILES string of the molecule is O=C(Nc1c2c(cc3c1CCC3)CCC2)NS(=O)(=O)c1cc2c(o1)CCC/C2=N/O. The van der Waals surface area contributed by atoms with Gasteiger partial charge in [-0.3, -0.25) is 0 Å². The lowest BCUT2D eigenvalue weighted by atomic mass is 9.97. The summed E-state index contributed by atoms with van der Waals surface area (Å²) in [4.78, 5) is 12.7. The van der Waals surface area contributed by atoms with E-state index in [9.17, 15) is 13.2 Å². The van der Waals surface area contributed by atoms with Crippen molar-refractivity contribution in [2.75, 3.05) is 5.32 Å². The highest BCUT2D eigenvalue weighted by molar-refractivity contribution is 7.89. The molecule has 3 aliphatic carbocycles. The number of sulfonamides is 1. The molecule has 0 saturated carbocycles. The standard InChI is InChI=1S/C21H23N3O5S/c25-21(22-20-14-6-1-4-12(14)10-13-5-2-7-15(13)20)24-30(27,28)19-11-16-17(23-26)8-3-9-18(16)29-19/h10-11,26H,1-9H2,(H2,22,24,25)/b23-17-. The average Bonchev–Trinajstić information content (AvgIpc) is 3.45. The molecule has 0 fully saturated rings. The molecule has 5 rings (SSSR count). The third-order valence-electron chi connectivity index (χ3n) is 6.24. The molecule has 0 bridgehead atoms. The Labute approximate surface area is 174 Å². The molecule has 1 aromatic heterocycles. The van der Waals surface area contributed by atoms with E-state index in [-0.39, 0.29) is 5.09 Å². The summed E-state index contributed by atoms with van der Waals surface area (Å²) >= 11 is 0. The van der Waals surface area contributed by atoms with E-state index in [1.165, 1.54) is 17.2 Å². The number of hydrogen-bond acceptors (Lipinski definition) is 6. The quantitative estimate of drug-likeness (QED) is 0.511. The van der Waals surface area contributed by atoms with E-state index in [0.29, 0.717) is 36.3 Å². The molecule has 0 aliphatic heterocycles. The van der Waals surface area contributed by atoms with Gasteiger partial charge in [0, 0.05) is 23.7 Å². The summed E-state index contributed by atoms with van der Waals surface area (Å²) in [5.74, 6) is 0.452. The molecule has 0 unspecified atom stereocenters. The summed E-state index contributed by atoms with van der Waals surface area (Å²) in [6.07, 6.45) is 7.64. The lowest BCUT2D eigenvalue weighted by Crippen LogP contribution is -2.34. The Morgan fingerprint density at radius 1 is 0.967 bits per heavy atom. The van der Waals surface area contributed by atoms with Crippen LogP contribution in [0.25, 0.3) is 0 Å². The molecule has 158 valence electrons. The molecule has 1 aromatic carbocycles. The van der Waals surface area contributed by atoms with Crippen LogP contribution < -0.4 is 10.0 Å². The van der Waals surface area contributed by atoms with Crippen molar-refractivity contribution in [1.82, 2.24) is 4.72 Å². The summed E-state index contributed by atoms with van der Waals surface area (Å²) in [5, 5.41) is 14.8. The van der Waals surface area contributed by atoms with Crippen molar-refractivity contribution < 1.29 is 22.8 Å². The van der Waals surface area contributed by atoms with Crippen molar-refractivity contribution in [3.8, 4) is 0 Å². The van der Waals surface area contributed by atoms with Gasteiger partial charge >= 0.3 is 6.03 Å². The van der Waals surface area contributed by atoms with Crippen molar-refractivity contribution in [3.63, 3.8) is 0 Å². The summed E-state index contributed by atoms with van der Waals surface area (Å²) in [6.45, 7) is 0. The van der Waals surface area contributed by atoms with E-state index in [1.54, 1.807) is 0 Å². The van der Waals surface area contributed by atoms with Gasteiger partial charge in [0.1, 0.15) is 5.76 Å². The number of benzene rings is 1. The summed E-state index contributed by atoms with van der Waals surface area (Å²) in [7, 11) is -4.20. The lowest BCUT2D eigenvalue weighted by molar-refractivity contribution is 0.256. The molecule has 2 aromatic rings. The van der Waals surface area contributed by atoms with Crippen molar-refractivity contribution in [2.45, 2.75) is 62.9 Å². The number of aryl methyl sites for hydroxylation is 3. The minimum Gasteiger partial charge on any atom is -0.447 e. The molecular weight excluding hydrogens is 406 g/mol. The minimum atomic E-state index is -4.20. The number of carbonyl (C=O) groups excluding carboxylic acids is 1. The van der Waals surface area contributed by atoms with Crippen molar-refractivity contribution in [2.24, 2.45) is 5.16 Å². The van der Waals surface area contributed by atoms with E-state index < -0.39 is 16.1 Å². The molecule has 9 heteroatoms. The van der Waals surface area contributed by atoms with Gasteiger partial charge in [0.05, 0.1) is 5.71 Å². The van der Waals surface area contributed by atoms with Crippen molar-refractivity contribution in [3.05, 3.63) is 45.7 Å². The lowest BCUT2D eigenvalue weighted by Gasteiger charge is -2.16. The Balaban J connectivity index is 1.40. The molecule has 0 spiro atoms. The Bertz CT molecular complexity index is 1150. The average molecular weight is 429 g/mol. The number of oxime groups is 1. The molecule has 3 N–H and O–H groups in total. The number of urea groups is 1. The van der Waals surface area contributed by atoms with Crippen LogP contribution >= 0.6 is 0 Å². The number of carbonyl (C=O) groups is 1. The maximum atomic E-state index is 12.7. The first kappa shape index (κ1) is 19.2. The minimum absolute atomic E-state index is 0.353. The molecule has 2 amide bonds. The molecule has 1 heterocycles. The zero-order valence-electron chi connectivity index (χ0n) is 16.5. The fourth-order valence-corrected chi connectivity index (χ4v) is 5.78. The van der Waals surface area contributed by atoms with Crippen LogP contribution in [-0.2, 0) is 42.1 Å². The van der Waals surface area contributed by atoms with E-state index in [0.717, 1.165) is 55.3 Å². The molecular formula is C21H23N3O5S. The maximum Gasteiger partial charge on any atom is 0.333 e. The molecule has 30 heavy (non-hydrogen) atoms. The highest BCUT2D eigenvalue weighted by Crippen LogP contribution is 2.38. The van der Waals surface area contributed by atoms with Crippen molar-refractivity contribution in [1.29, 1.82) is 0 Å². The Kier molecular flexibility index (Phi) is 4.57. The Morgan fingerprint density at radius 2 is 1.63 bits per heavy atom. The first-order valence-corrected chi connectivity index (χ1v) is 11.8. The number of amides is 2. The zero-order valence-corrected chi connectivity index (χ0v) is 17.3. The largest absolute Gasteiger partial charge is 0.447 e. The van der Waals surface area contributed by atoms with E-state index >= 15 is 0 Å². The van der Waals surface area contributed by atoms with Crippen LogP contribution in [0.1, 0.15) is 59.3 Å². The number of anilines is 1. The normalized spacial score (nSPS) is 18.7. The Hall–Kier alpha value is -2.81. The second kappa shape index (κ2) is 7.16. The van der Waals surface area contributed by atoms with Crippen molar-refractivity contribution >= 4 is 27.5 Å².